The molecule has 20 heavy (non-hydrogen) atoms. The monoisotopic (exact) mass is 272 g/mol. The molecule has 0 fully saturated rings. The van der Waals surface area contributed by atoms with Crippen LogP contribution < -0.4 is 5.32 Å². The molecule has 1 aromatic carbocycles. The highest BCUT2D eigenvalue weighted by Gasteiger charge is 2.29. The first-order valence-electron chi connectivity index (χ1n) is 6.40. The number of aldehydes is 1. The SMILES string of the molecule is CCOC(=O)C1=C(C)NC(C=O)=NC1c1ccccc1. The van der Waals surface area contributed by atoms with Gasteiger partial charge in [-0.1, -0.05) is 30.3 Å². The molecule has 2 rings (SSSR count). The lowest BCUT2D eigenvalue weighted by Crippen LogP contribution is -2.32. The molecule has 5 nitrogen and oxygen atoms in total. The lowest BCUT2D eigenvalue weighted by Gasteiger charge is -2.24. The van der Waals surface area contributed by atoms with E-state index in [9.17, 15) is 9.59 Å². The summed E-state index contributed by atoms with van der Waals surface area (Å²) in [6.07, 6.45) is 0.640. The number of ether oxygens (including phenoxy) is 1. The van der Waals surface area contributed by atoms with Gasteiger partial charge in [0, 0.05) is 5.70 Å². The minimum absolute atomic E-state index is 0.212. The Morgan fingerprint density at radius 3 is 2.70 bits per heavy atom. The van der Waals surface area contributed by atoms with Crippen LogP contribution >= 0.6 is 0 Å². The summed E-state index contributed by atoms with van der Waals surface area (Å²) in [5.41, 5.74) is 1.87. The zero-order valence-corrected chi connectivity index (χ0v) is 11.4. The van der Waals surface area contributed by atoms with Gasteiger partial charge in [-0.2, -0.15) is 0 Å². The lowest BCUT2D eigenvalue weighted by molar-refractivity contribution is -0.139. The molecule has 104 valence electrons. The number of allylic oxidation sites excluding steroid dienone is 1. The normalized spacial score (nSPS) is 18.1. The van der Waals surface area contributed by atoms with Crippen LogP contribution in [0, 0.1) is 0 Å². The second kappa shape index (κ2) is 6.14. The number of esters is 1. The largest absolute Gasteiger partial charge is 0.463 e. The average Bonchev–Trinajstić information content (AvgIpc) is 2.47. The van der Waals surface area contributed by atoms with Gasteiger partial charge in [0.1, 0.15) is 6.04 Å². The molecule has 0 saturated heterocycles. The van der Waals surface area contributed by atoms with Gasteiger partial charge in [0.15, 0.2) is 12.1 Å². The molecule has 0 aliphatic carbocycles. The van der Waals surface area contributed by atoms with E-state index in [1.165, 1.54) is 0 Å². The third kappa shape index (κ3) is 2.77. The Morgan fingerprint density at radius 2 is 2.10 bits per heavy atom. The molecule has 5 heteroatoms. The molecule has 1 heterocycles. The van der Waals surface area contributed by atoms with Gasteiger partial charge in [-0.05, 0) is 19.4 Å². The minimum Gasteiger partial charge on any atom is -0.463 e. The molecular formula is C15H16N2O3. The molecule has 0 spiro atoms. The summed E-state index contributed by atoms with van der Waals surface area (Å²) in [4.78, 5) is 27.3. The number of aliphatic imine (C=N–C) groups is 1. The van der Waals surface area contributed by atoms with Crippen molar-refractivity contribution in [2.45, 2.75) is 19.9 Å². The predicted molar refractivity (Wildman–Crippen MR) is 75.2 cm³/mol. The summed E-state index contributed by atoms with van der Waals surface area (Å²) in [6.45, 7) is 3.78. The first-order valence-corrected chi connectivity index (χ1v) is 6.40. The first kappa shape index (κ1) is 14.0. The Hall–Kier alpha value is -2.43. The zero-order valence-electron chi connectivity index (χ0n) is 11.4. The number of nitrogens with zero attached hydrogens (tertiary/aromatic N) is 1. The lowest BCUT2D eigenvalue weighted by atomic mass is 9.96. The van der Waals surface area contributed by atoms with Crippen molar-refractivity contribution in [3.8, 4) is 0 Å². The number of carbonyl (C=O) groups is 2. The van der Waals surface area contributed by atoms with Crippen LogP contribution in [0.2, 0.25) is 0 Å². The van der Waals surface area contributed by atoms with Crippen LogP contribution in [0.25, 0.3) is 0 Å². The average molecular weight is 272 g/mol. The maximum Gasteiger partial charge on any atom is 0.338 e. The Labute approximate surface area is 117 Å². The molecule has 0 bridgehead atoms. The summed E-state index contributed by atoms with van der Waals surface area (Å²) in [6, 6.07) is 8.84. The molecule has 1 aliphatic rings. The van der Waals surface area contributed by atoms with Crippen molar-refractivity contribution < 1.29 is 14.3 Å². The third-order valence-electron chi connectivity index (χ3n) is 2.98. The number of carbonyl (C=O) groups excluding carboxylic acids is 2. The van der Waals surface area contributed by atoms with E-state index in [1.54, 1.807) is 13.8 Å². The molecular weight excluding hydrogens is 256 g/mol. The van der Waals surface area contributed by atoms with E-state index in [1.807, 2.05) is 30.3 Å². The van der Waals surface area contributed by atoms with E-state index in [-0.39, 0.29) is 5.84 Å². The van der Waals surface area contributed by atoms with E-state index in [0.717, 1.165) is 5.56 Å². The number of amidine groups is 1. The Kier molecular flexibility index (Phi) is 4.30. The van der Waals surface area contributed by atoms with Crippen molar-refractivity contribution in [1.82, 2.24) is 5.32 Å². The maximum atomic E-state index is 12.1. The molecule has 1 unspecified atom stereocenters. The molecule has 1 aromatic rings. The molecule has 1 aliphatic heterocycles. The van der Waals surface area contributed by atoms with Gasteiger partial charge < -0.3 is 10.1 Å². The first-order chi connectivity index (χ1) is 9.67. The van der Waals surface area contributed by atoms with Crippen molar-refractivity contribution in [1.29, 1.82) is 0 Å². The van der Waals surface area contributed by atoms with Crippen molar-refractivity contribution in [2.24, 2.45) is 4.99 Å². The molecule has 0 amide bonds. The molecule has 1 atom stereocenters. The summed E-state index contributed by atoms with van der Waals surface area (Å²) in [5, 5.41) is 2.82. The molecule has 0 radical (unpaired) electrons. The van der Waals surface area contributed by atoms with Gasteiger partial charge in [-0.25, -0.2) is 4.79 Å². The van der Waals surface area contributed by atoms with E-state index in [0.29, 0.717) is 24.2 Å². The summed E-state index contributed by atoms with van der Waals surface area (Å²) < 4.78 is 5.08. The van der Waals surface area contributed by atoms with Gasteiger partial charge in [0.05, 0.1) is 12.2 Å². The third-order valence-corrected chi connectivity index (χ3v) is 2.98. The van der Waals surface area contributed by atoms with E-state index < -0.39 is 12.0 Å². The number of nitrogens with one attached hydrogen (secondary N) is 1. The second-order valence-electron chi connectivity index (χ2n) is 4.33. The van der Waals surface area contributed by atoms with Crippen LogP contribution in [-0.4, -0.2) is 24.7 Å². The summed E-state index contributed by atoms with van der Waals surface area (Å²) >= 11 is 0. The van der Waals surface area contributed by atoms with Crippen LogP contribution in [0.15, 0.2) is 46.6 Å². The fourth-order valence-corrected chi connectivity index (χ4v) is 2.11. The fourth-order valence-electron chi connectivity index (χ4n) is 2.11. The van der Waals surface area contributed by atoms with Crippen molar-refractivity contribution in [3.63, 3.8) is 0 Å². The quantitative estimate of drug-likeness (QED) is 0.670. The van der Waals surface area contributed by atoms with Crippen molar-refractivity contribution in [3.05, 3.63) is 47.2 Å². The molecule has 1 N–H and O–H groups in total. The van der Waals surface area contributed by atoms with Crippen LogP contribution in [0.3, 0.4) is 0 Å². The van der Waals surface area contributed by atoms with Gasteiger partial charge in [0.2, 0.25) is 0 Å². The van der Waals surface area contributed by atoms with Gasteiger partial charge in [0.25, 0.3) is 0 Å². The highest BCUT2D eigenvalue weighted by atomic mass is 16.5. The number of hydrogen-bond acceptors (Lipinski definition) is 5. The Balaban J connectivity index is 2.46. The smallest absolute Gasteiger partial charge is 0.338 e. The molecule has 0 saturated carbocycles. The highest BCUT2D eigenvalue weighted by Crippen LogP contribution is 2.30. The zero-order chi connectivity index (χ0) is 14.5. The van der Waals surface area contributed by atoms with Crippen LogP contribution in [-0.2, 0) is 14.3 Å². The van der Waals surface area contributed by atoms with Gasteiger partial charge in [-0.3, -0.25) is 9.79 Å². The highest BCUT2D eigenvalue weighted by molar-refractivity contribution is 6.28. The summed E-state index contributed by atoms with van der Waals surface area (Å²) in [5.74, 6) is -0.204. The maximum absolute atomic E-state index is 12.1. The van der Waals surface area contributed by atoms with E-state index in [2.05, 4.69) is 10.3 Å². The van der Waals surface area contributed by atoms with E-state index in [4.69, 9.17) is 4.74 Å². The van der Waals surface area contributed by atoms with E-state index >= 15 is 0 Å². The fraction of sp³-hybridized carbons (Fsp3) is 0.267. The number of hydrogen-bond donors (Lipinski definition) is 1. The van der Waals surface area contributed by atoms with Crippen molar-refractivity contribution in [2.75, 3.05) is 6.61 Å². The Bertz CT molecular complexity index is 576. The van der Waals surface area contributed by atoms with Gasteiger partial charge >= 0.3 is 5.97 Å². The Morgan fingerprint density at radius 1 is 1.40 bits per heavy atom. The van der Waals surface area contributed by atoms with Crippen molar-refractivity contribution >= 4 is 18.1 Å². The predicted octanol–water partition coefficient (Wildman–Crippen LogP) is 1.77. The summed E-state index contributed by atoms with van der Waals surface area (Å²) in [7, 11) is 0. The van der Waals surface area contributed by atoms with Crippen LogP contribution in [0.4, 0.5) is 0 Å². The second-order valence-corrected chi connectivity index (χ2v) is 4.33. The number of rotatable bonds is 4. The topological polar surface area (TPSA) is 67.8 Å². The molecule has 0 aromatic heterocycles. The van der Waals surface area contributed by atoms with Gasteiger partial charge in [-0.15, -0.1) is 0 Å². The standard InChI is InChI=1S/C15H16N2O3/c1-3-20-15(19)13-10(2)16-12(9-18)17-14(13)11-7-5-4-6-8-11/h4-9,14H,3H2,1-2H3,(H,16,17). The van der Waals surface area contributed by atoms with Crippen LogP contribution in [0.5, 0.6) is 0 Å². The number of benzene rings is 1. The van der Waals surface area contributed by atoms with Crippen LogP contribution in [0.1, 0.15) is 25.5 Å². The minimum atomic E-state index is -0.517.